The molecule has 0 amide bonds. The summed E-state index contributed by atoms with van der Waals surface area (Å²) in [5.74, 6) is 1.42. The molecular weight excluding hydrogens is 160 g/mol. The number of aryl methyl sites for hydroxylation is 2. The van der Waals surface area contributed by atoms with Crippen LogP contribution in [0.2, 0.25) is 0 Å². The second kappa shape index (κ2) is 3.95. The first-order valence-electron chi connectivity index (χ1n) is 5.01. The zero-order valence-electron chi connectivity index (χ0n) is 9.33. The minimum Gasteiger partial charge on any atom is -0.269 e. The standard InChI is InChI=1S/C11H20N2/c1-8(2)9(3)7-13-11(5)6-10(4)12-13/h6,8-9H,7H2,1-5H3. The van der Waals surface area contributed by atoms with Crippen molar-refractivity contribution >= 4 is 0 Å². The van der Waals surface area contributed by atoms with Gasteiger partial charge < -0.3 is 0 Å². The molecule has 1 aromatic heterocycles. The van der Waals surface area contributed by atoms with Crippen molar-refractivity contribution in [1.82, 2.24) is 9.78 Å². The highest BCUT2D eigenvalue weighted by atomic mass is 15.3. The van der Waals surface area contributed by atoms with Crippen LogP contribution in [0.5, 0.6) is 0 Å². The Balaban J connectivity index is 2.68. The molecule has 0 bridgehead atoms. The summed E-state index contributed by atoms with van der Waals surface area (Å²) in [5.41, 5.74) is 2.39. The fourth-order valence-electron chi connectivity index (χ4n) is 1.34. The molecule has 1 aromatic rings. The topological polar surface area (TPSA) is 17.8 Å². The first kappa shape index (κ1) is 10.3. The smallest absolute Gasteiger partial charge is 0.0596 e. The number of hydrogen-bond donors (Lipinski definition) is 0. The van der Waals surface area contributed by atoms with Crippen LogP contribution in [0.3, 0.4) is 0 Å². The van der Waals surface area contributed by atoms with E-state index < -0.39 is 0 Å². The molecule has 0 fully saturated rings. The Bertz CT molecular complexity index is 274. The third-order valence-corrected chi connectivity index (χ3v) is 2.70. The number of rotatable bonds is 3. The summed E-state index contributed by atoms with van der Waals surface area (Å²) >= 11 is 0. The molecule has 0 aliphatic carbocycles. The van der Waals surface area contributed by atoms with Crippen molar-refractivity contribution < 1.29 is 0 Å². The maximum atomic E-state index is 4.45. The van der Waals surface area contributed by atoms with Crippen LogP contribution in [-0.2, 0) is 6.54 Å². The second-order valence-electron chi connectivity index (χ2n) is 4.33. The van der Waals surface area contributed by atoms with Gasteiger partial charge in [0.1, 0.15) is 0 Å². The molecule has 1 atom stereocenters. The van der Waals surface area contributed by atoms with Gasteiger partial charge >= 0.3 is 0 Å². The molecule has 1 rings (SSSR count). The zero-order valence-corrected chi connectivity index (χ0v) is 9.33. The van der Waals surface area contributed by atoms with E-state index in [0.717, 1.165) is 18.2 Å². The first-order chi connectivity index (χ1) is 6.00. The van der Waals surface area contributed by atoms with Crippen LogP contribution >= 0.6 is 0 Å². The quantitative estimate of drug-likeness (QED) is 0.699. The van der Waals surface area contributed by atoms with E-state index in [-0.39, 0.29) is 0 Å². The molecule has 13 heavy (non-hydrogen) atoms. The average molecular weight is 180 g/mol. The van der Waals surface area contributed by atoms with E-state index >= 15 is 0 Å². The van der Waals surface area contributed by atoms with Gasteiger partial charge in [-0.05, 0) is 31.7 Å². The maximum absolute atomic E-state index is 4.45. The summed E-state index contributed by atoms with van der Waals surface area (Å²) in [6.45, 7) is 12.0. The molecule has 2 nitrogen and oxygen atoms in total. The Morgan fingerprint density at radius 3 is 2.31 bits per heavy atom. The molecule has 1 heterocycles. The lowest BCUT2D eigenvalue weighted by atomic mass is 9.98. The van der Waals surface area contributed by atoms with Crippen molar-refractivity contribution in [3.05, 3.63) is 17.5 Å². The second-order valence-corrected chi connectivity index (χ2v) is 4.33. The maximum Gasteiger partial charge on any atom is 0.0596 e. The van der Waals surface area contributed by atoms with Gasteiger partial charge in [-0.2, -0.15) is 5.10 Å². The van der Waals surface area contributed by atoms with Gasteiger partial charge in [0.2, 0.25) is 0 Å². The van der Waals surface area contributed by atoms with Crippen molar-refractivity contribution in [2.45, 2.75) is 41.2 Å². The van der Waals surface area contributed by atoms with Crippen molar-refractivity contribution in [3.63, 3.8) is 0 Å². The molecule has 0 saturated carbocycles. The Hall–Kier alpha value is -0.790. The third kappa shape index (κ3) is 2.58. The molecule has 0 saturated heterocycles. The number of hydrogen-bond acceptors (Lipinski definition) is 1. The van der Waals surface area contributed by atoms with Gasteiger partial charge in [-0.1, -0.05) is 20.8 Å². The molecule has 0 aliphatic heterocycles. The van der Waals surface area contributed by atoms with Gasteiger partial charge in [0.15, 0.2) is 0 Å². The summed E-state index contributed by atoms with van der Waals surface area (Å²) in [7, 11) is 0. The van der Waals surface area contributed by atoms with E-state index in [1.807, 2.05) is 6.92 Å². The normalized spacial score (nSPS) is 13.7. The summed E-state index contributed by atoms with van der Waals surface area (Å²) in [4.78, 5) is 0. The van der Waals surface area contributed by atoms with Crippen molar-refractivity contribution in [3.8, 4) is 0 Å². The monoisotopic (exact) mass is 180 g/mol. The minimum atomic E-state index is 0.693. The van der Waals surface area contributed by atoms with Gasteiger partial charge in [-0.25, -0.2) is 0 Å². The Labute approximate surface area is 81.0 Å². The highest BCUT2D eigenvalue weighted by Crippen LogP contribution is 2.13. The Kier molecular flexibility index (Phi) is 3.12. The average Bonchev–Trinajstić information content (AvgIpc) is 2.30. The van der Waals surface area contributed by atoms with Crippen molar-refractivity contribution in [2.75, 3.05) is 0 Å². The van der Waals surface area contributed by atoms with E-state index in [4.69, 9.17) is 0 Å². The van der Waals surface area contributed by atoms with Crippen LogP contribution in [-0.4, -0.2) is 9.78 Å². The molecule has 0 spiro atoms. The van der Waals surface area contributed by atoms with Gasteiger partial charge in [0.05, 0.1) is 5.69 Å². The molecule has 0 aliphatic rings. The lowest BCUT2D eigenvalue weighted by Crippen LogP contribution is -2.15. The Morgan fingerprint density at radius 2 is 1.92 bits per heavy atom. The predicted octanol–water partition coefficient (Wildman–Crippen LogP) is 2.79. The SMILES string of the molecule is Cc1cc(C)n(CC(C)C(C)C)n1. The molecule has 0 N–H and O–H groups in total. The largest absolute Gasteiger partial charge is 0.269 e. The van der Waals surface area contributed by atoms with Gasteiger partial charge in [0.25, 0.3) is 0 Å². The van der Waals surface area contributed by atoms with Crippen LogP contribution in [0.25, 0.3) is 0 Å². The van der Waals surface area contributed by atoms with Crippen LogP contribution < -0.4 is 0 Å². The summed E-state index contributed by atoms with van der Waals surface area (Å²) < 4.78 is 2.11. The third-order valence-electron chi connectivity index (χ3n) is 2.70. The summed E-state index contributed by atoms with van der Waals surface area (Å²) in [6, 6.07) is 2.13. The summed E-state index contributed by atoms with van der Waals surface area (Å²) in [6.07, 6.45) is 0. The molecular formula is C11H20N2. The molecule has 0 aromatic carbocycles. The molecule has 1 unspecified atom stereocenters. The lowest BCUT2D eigenvalue weighted by Gasteiger charge is -2.16. The van der Waals surface area contributed by atoms with Crippen LogP contribution in [0.1, 0.15) is 32.2 Å². The number of aromatic nitrogens is 2. The first-order valence-corrected chi connectivity index (χ1v) is 5.01. The van der Waals surface area contributed by atoms with E-state index in [0.29, 0.717) is 5.92 Å². The zero-order chi connectivity index (χ0) is 10.0. The lowest BCUT2D eigenvalue weighted by molar-refractivity contribution is 0.345. The fourth-order valence-corrected chi connectivity index (χ4v) is 1.34. The Morgan fingerprint density at radius 1 is 1.31 bits per heavy atom. The highest BCUT2D eigenvalue weighted by molar-refractivity contribution is 5.06. The highest BCUT2D eigenvalue weighted by Gasteiger charge is 2.09. The van der Waals surface area contributed by atoms with Gasteiger partial charge in [0, 0.05) is 12.2 Å². The number of nitrogens with zero attached hydrogens (tertiary/aromatic N) is 2. The van der Waals surface area contributed by atoms with Crippen LogP contribution in [0.15, 0.2) is 6.07 Å². The molecule has 74 valence electrons. The van der Waals surface area contributed by atoms with E-state index in [1.54, 1.807) is 0 Å². The van der Waals surface area contributed by atoms with Crippen LogP contribution in [0, 0.1) is 25.7 Å². The van der Waals surface area contributed by atoms with Gasteiger partial charge in [-0.15, -0.1) is 0 Å². The van der Waals surface area contributed by atoms with Gasteiger partial charge in [-0.3, -0.25) is 4.68 Å². The van der Waals surface area contributed by atoms with E-state index in [9.17, 15) is 0 Å². The van der Waals surface area contributed by atoms with Crippen molar-refractivity contribution in [2.24, 2.45) is 11.8 Å². The fraction of sp³-hybridized carbons (Fsp3) is 0.727. The molecule has 2 heteroatoms. The van der Waals surface area contributed by atoms with E-state index in [1.165, 1.54) is 5.69 Å². The van der Waals surface area contributed by atoms with Crippen LogP contribution in [0.4, 0.5) is 0 Å². The minimum absolute atomic E-state index is 0.693. The predicted molar refractivity (Wildman–Crippen MR) is 55.7 cm³/mol. The van der Waals surface area contributed by atoms with Crippen molar-refractivity contribution in [1.29, 1.82) is 0 Å². The van der Waals surface area contributed by atoms with E-state index in [2.05, 4.69) is 43.5 Å². The molecule has 0 radical (unpaired) electrons. The summed E-state index contributed by atoms with van der Waals surface area (Å²) in [5, 5.41) is 4.45.